The van der Waals surface area contributed by atoms with Gasteiger partial charge in [0.1, 0.15) is 18.1 Å². The molecule has 10 heteroatoms. The Hall–Kier alpha value is -3.53. The molecule has 0 fully saturated rings. The number of nitrogens with one attached hydrogen (secondary N) is 1. The van der Waals surface area contributed by atoms with Gasteiger partial charge in [0.25, 0.3) is 0 Å². The standard InChI is InChI=1S/C24H27NO8S.C2H6/c1-31-19-5-3-4-17(13-19)20(33-23(29)11-10-22(27)28)14-32-18-8-6-16(7-9-18)12-21(34-2)24(30)25-15-26;1-2/h3-9,13,15,20-21H,10-12,14H2,1-2H3,(H,27,28)(H,25,26,30);1-2H3. The zero-order chi connectivity index (χ0) is 26.9. The summed E-state index contributed by atoms with van der Waals surface area (Å²) in [4.78, 5) is 45.3. The lowest BCUT2D eigenvalue weighted by Gasteiger charge is -2.20. The maximum absolute atomic E-state index is 12.1. The SMILES string of the molecule is CC.COc1cccc(C(COc2ccc(CC(SC)C(=O)NC=O)cc2)OC(=O)CCC(=O)O)c1. The number of esters is 1. The Morgan fingerprint density at radius 2 is 1.75 bits per heavy atom. The van der Waals surface area contributed by atoms with E-state index in [-0.39, 0.29) is 25.4 Å². The van der Waals surface area contributed by atoms with E-state index in [2.05, 4.69) is 5.32 Å². The lowest BCUT2D eigenvalue weighted by molar-refractivity contribution is -0.153. The number of aliphatic carboxylic acids is 1. The summed E-state index contributed by atoms with van der Waals surface area (Å²) in [6.07, 6.45) is 1.25. The highest BCUT2D eigenvalue weighted by Gasteiger charge is 2.20. The normalized spacial score (nSPS) is 11.7. The monoisotopic (exact) mass is 519 g/mol. The number of hydrogen-bond acceptors (Lipinski definition) is 8. The first-order valence-electron chi connectivity index (χ1n) is 11.4. The lowest BCUT2D eigenvalue weighted by atomic mass is 10.1. The molecule has 2 aromatic carbocycles. The maximum Gasteiger partial charge on any atom is 0.307 e. The number of carboxylic acids is 1. The number of rotatable bonds is 14. The third kappa shape index (κ3) is 10.8. The average Bonchev–Trinajstić information content (AvgIpc) is 2.90. The van der Waals surface area contributed by atoms with Gasteiger partial charge >= 0.3 is 11.9 Å². The van der Waals surface area contributed by atoms with E-state index in [1.807, 2.05) is 26.0 Å². The highest BCUT2D eigenvalue weighted by Crippen LogP contribution is 2.25. The molecule has 9 nitrogen and oxygen atoms in total. The number of benzene rings is 2. The first kappa shape index (κ1) is 30.5. The largest absolute Gasteiger partial charge is 0.497 e. The van der Waals surface area contributed by atoms with Crippen LogP contribution in [0, 0.1) is 0 Å². The molecule has 196 valence electrons. The summed E-state index contributed by atoms with van der Waals surface area (Å²) in [6, 6.07) is 14.1. The van der Waals surface area contributed by atoms with Crippen molar-refractivity contribution in [2.24, 2.45) is 0 Å². The van der Waals surface area contributed by atoms with Crippen LogP contribution in [-0.4, -0.2) is 54.6 Å². The number of carbonyl (C=O) groups excluding carboxylic acids is 3. The first-order valence-corrected chi connectivity index (χ1v) is 12.7. The molecular formula is C26H33NO8S. The molecule has 0 heterocycles. The minimum absolute atomic E-state index is 0.000499. The van der Waals surface area contributed by atoms with E-state index in [1.54, 1.807) is 42.7 Å². The summed E-state index contributed by atoms with van der Waals surface area (Å²) >= 11 is 1.35. The molecule has 0 radical (unpaired) electrons. The zero-order valence-electron chi connectivity index (χ0n) is 20.9. The summed E-state index contributed by atoms with van der Waals surface area (Å²) < 4.78 is 16.5. The van der Waals surface area contributed by atoms with Gasteiger partial charge in [-0.05, 0) is 48.1 Å². The number of imide groups is 1. The van der Waals surface area contributed by atoms with Crippen molar-refractivity contribution in [3.05, 3.63) is 59.7 Å². The number of methoxy groups -OCH3 is 1. The van der Waals surface area contributed by atoms with E-state index in [1.165, 1.54) is 18.9 Å². The number of carbonyl (C=O) groups is 4. The van der Waals surface area contributed by atoms with E-state index < -0.39 is 23.3 Å². The van der Waals surface area contributed by atoms with Gasteiger partial charge in [-0.25, -0.2) is 0 Å². The maximum atomic E-state index is 12.1. The molecule has 0 bridgehead atoms. The fraction of sp³-hybridized carbons (Fsp3) is 0.385. The zero-order valence-corrected chi connectivity index (χ0v) is 21.7. The van der Waals surface area contributed by atoms with Gasteiger partial charge in [-0.3, -0.25) is 24.5 Å². The van der Waals surface area contributed by atoms with Gasteiger partial charge in [0, 0.05) is 0 Å². The molecule has 2 atom stereocenters. The number of carboxylic acid groups (broad SMARTS) is 1. The Morgan fingerprint density at radius 1 is 1.06 bits per heavy atom. The summed E-state index contributed by atoms with van der Waals surface area (Å²) in [5.41, 5.74) is 1.53. The van der Waals surface area contributed by atoms with Crippen molar-refractivity contribution >= 4 is 36.0 Å². The molecule has 2 aromatic rings. The quantitative estimate of drug-likeness (QED) is 0.283. The summed E-state index contributed by atoms with van der Waals surface area (Å²) in [5, 5.41) is 10.6. The van der Waals surface area contributed by atoms with Gasteiger partial charge in [0.2, 0.25) is 12.3 Å². The highest BCUT2D eigenvalue weighted by molar-refractivity contribution is 7.99. The van der Waals surface area contributed by atoms with Crippen LogP contribution in [-0.2, 0) is 30.3 Å². The predicted molar refractivity (Wildman–Crippen MR) is 137 cm³/mol. The minimum Gasteiger partial charge on any atom is -0.497 e. The molecule has 0 aliphatic carbocycles. The van der Waals surface area contributed by atoms with Gasteiger partial charge in [-0.2, -0.15) is 11.8 Å². The molecule has 36 heavy (non-hydrogen) atoms. The van der Waals surface area contributed by atoms with Crippen LogP contribution in [0.15, 0.2) is 48.5 Å². The second-order valence-corrected chi connectivity index (χ2v) is 8.20. The molecule has 2 unspecified atom stereocenters. The third-order valence-corrected chi connectivity index (χ3v) is 5.76. The lowest BCUT2D eigenvalue weighted by Crippen LogP contribution is -2.32. The van der Waals surface area contributed by atoms with Gasteiger partial charge in [0.05, 0.1) is 25.2 Å². The van der Waals surface area contributed by atoms with Crippen LogP contribution in [0.5, 0.6) is 11.5 Å². The van der Waals surface area contributed by atoms with Gasteiger partial charge < -0.3 is 19.3 Å². The fourth-order valence-electron chi connectivity index (χ4n) is 3.01. The van der Waals surface area contributed by atoms with Gasteiger partial charge in [-0.15, -0.1) is 0 Å². The molecule has 0 spiro atoms. The van der Waals surface area contributed by atoms with E-state index in [0.29, 0.717) is 29.9 Å². The number of ether oxygens (including phenoxy) is 3. The Kier molecular flexibility index (Phi) is 14.4. The van der Waals surface area contributed by atoms with Crippen molar-refractivity contribution in [1.82, 2.24) is 5.32 Å². The number of thioether (sulfide) groups is 1. The van der Waals surface area contributed by atoms with Crippen molar-refractivity contribution in [2.75, 3.05) is 20.0 Å². The third-order valence-electron chi connectivity index (χ3n) is 4.81. The highest BCUT2D eigenvalue weighted by atomic mass is 32.2. The van der Waals surface area contributed by atoms with Crippen LogP contribution < -0.4 is 14.8 Å². The van der Waals surface area contributed by atoms with Crippen LogP contribution in [0.25, 0.3) is 0 Å². The van der Waals surface area contributed by atoms with E-state index in [4.69, 9.17) is 19.3 Å². The van der Waals surface area contributed by atoms with Crippen molar-refractivity contribution in [3.8, 4) is 11.5 Å². The van der Waals surface area contributed by atoms with Gasteiger partial charge in [-0.1, -0.05) is 38.1 Å². The van der Waals surface area contributed by atoms with Crippen molar-refractivity contribution in [2.45, 2.75) is 44.5 Å². The Labute approximate surface area is 215 Å². The van der Waals surface area contributed by atoms with Crippen LogP contribution in [0.3, 0.4) is 0 Å². The van der Waals surface area contributed by atoms with Crippen molar-refractivity contribution in [1.29, 1.82) is 0 Å². The smallest absolute Gasteiger partial charge is 0.307 e. The van der Waals surface area contributed by atoms with E-state index in [9.17, 15) is 19.2 Å². The molecule has 2 rings (SSSR count). The molecule has 0 saturated heterocycles. The Morgan fingerprint density at radius 3 is 2.33 bits per heavy atom. The Bertz CT molecular complexity index is 980. The molecule has 0 aliphatic heterocycles. The second kappa shape index (κ2) is 17.0. The number of hydrogen-bond donors (Lipinski definition) is 2. The van der Waals surface area contributed by atoms with E-state index in [0.717, 1.165) is 5.56 Å². The van der Waals surface area contributed by atoms with E-state index >= 15 is 0 Å². The summed E-state index contributed by atoms with van der Waals surface area (Å²) in [6.45, 7) is 4.00. The second-order valence-electron chi connectivity index (χ2n) is 7.16. The Balaban J connectivity index is 0.00000316. The molecular weight excluding hydrogens is 486 g/mol. The van der Waals surface area contributed by atoms with Crippen LogP contribution in [0.1, 0.15) is 43.9 Å². The topological polar surface area (TPSA) is 128 Å². The molecule has 2 amide bonds. The van der Waals surface area contributed by atoms with Crippen LogP contribution in [0.4, 0.5) is 0 Å². The van der Waals surface area contributed by atoms with Crippen LogP contribution in [0.2, 0.25) is 0 Å². The number of amides is 2. The fourth-order valence-corrected chi connectivity index (χ4v) is 3.65. The molecule has 0 saturated carbocycles. The predicted octanol–water partition coefficient (Wildman–Crippen LogP) is 3.80. The van der Waals surface area contributed by atoms with Crippen molar-refractivity contribution < 1.29 is 38.5 Å². The molecule has 2 N–H and O–H groups in total. The van der Waals surface area contributed by atoms with Crippen LogP contribution >= 0.6 is 11.8 Å². The molecule has 0 aromatic heterocycles. The van der Waals surface area contributed by atoms with Crippen molar-refractivity contribution in [3.63, 3.8) is 0 Å². The summed E-state index contributed by atoms with van der Waals surface area (Å²) in [7, 11) is 1.52. The first-order chi connectivity index (χ1) is 17.4. The minimum atomic E-state index is -1.08. The summed E-state index contributed by atoms with van der Waals surface area (Å²) in [5.74, 6) is -0.982. The average molecular weight is 520 g/mol. The van der Waals surface area contributed by atoms with Gasteiger partial charge in [0.15, 0.2) is 6.10 Å². The molecule has 0 aliphatic rings.